The van der Waals surface area contributed by atoms with Crippen LogP contribution in [0.1, 0.15) is 0 Å². The molecule has 2 aromatic rings. The van der Waals surface area contributed by atoms with E-state index in [1.807, 2.05) is 0 Å². The van der Waals surface area contributed by atoms with E-state index in [9.17, 15) is 13.2 Å². The number of nitrogens with one attached hydrogen (secondary N) is 1. The molecule has 0 aliphatic carbocycles. The van der Waals surface area contributed by atoms with E-state index in [0.29, 0.717) is 30.4 Å². The Bertz CT molecular complexity index is 971. The zero-order chi connectivity index (χ0) is 21.6. The van der Waals surface area contributed by atoms with E-state index in [1.54, 1.807) is 37.4 Å². The molecular weight excluding hydrogens is 412 g/mol. The minimum absolute atomic E-state index is 0.0132. The standard InChI is InChI=1S/C20H24N2O7S/c1-26-16-4-6-17(7-5-16)29-14-20(23)21-15-3-8-18(27-2)19(13-15)30(24,25)22-9-11-28-12-10-22/h3-8,13H,9-12,14H2,1-2H3,(H,21,23). The van der Waals surface area contributed by atoms with E-state index >= 15 is 0 Å². The van der Waals surface area contributed by atoms with Crippen LogP contribution in [0.15, 0.2) is 47.4 Å². The van der Waals surface area contributed by atoms with Gasteiger partial charge in [-0.3, -0.25) is 4.79 Å². The van der Waals surface area contributed by atoms with Crippen molar-refractivity contribution in [3.05, 3.63) is 42.5 Å². The molecule has 1 aliphatic heterocycles. The van der Waals surface area contributed by atoms with Crippen LogP contribution in [0.3, 0.4) is 0 Å². The van der Waals surface area contributed by atoms with E-state index in [-0.39, 0.29) is 30.3 Å². The lowest BCUT2D eigenvalue weighted by atomic mass is 10.3. The number of ether oxygens (including phenoxy) is 4. The monoisotopic (exact) mass is 436 g/mol. The first-order valence-electron chi connectivity index (χ1n) is 9.26. The summed E-state index contributed by atoms with van der Waals surface area (Å²) in [7, 11) is -0.832. The van der Waals surface area contributed by atoms with Crippen LogP contribution in [0, 0.1) is 0 Å². The van der Waals surface area contributed by atoms with Gasteiger partial charge < -0.3 is 24.3 Å². The average molecular weight is 436 g/mol. The fourth-order valence-electron chi connectivity index (χ4n) is 2.90. The van der Waals surface area contributed by atoms with Crippen molar-refractivity contribution in [3.63, 3.8) is 0 Å². The number of amides is 1. The molecule has 0 atom stereocenters. The summed E-state index contributed by atoms with van der Waals surface area (Å²) < 4.78 is 48.3. The van der Waals surface area contributed by atoms with Crippen molar-refractivity contribution in [2.24, 2.45) is 0 Å². The van der Waals surface area contributed by atoms with E-state index in [4.69, 9.17) is 18.9 Å². The molecule has 0 unspecified atom stereocenters. The van der Waals surface area contributed by atoms with Crippen LogP contribution in [-0.4, -0.2) is 65.8 Å². The molecule has 1 saturated heterocycles. The lowest BCUT2D eigenvalue weighted by molar-refractivity contribution is -0.118. The van der Waals surface area contributed by atoms with Crippen molar-refractivity contribution >= 4 is 21.6 Å². The Morgan fingerprint density at radius 2 is 1.70 bits per heavy atom. The highest BCUT2D eigenvalue weighted by Gasteiger charge is 2.29. The van der Waals surface area contributed by atoms with Gasteiger partial charge in [-0.05, 0) is 42.5 Å². The second-order valence-electron chi connectivity index (χ2n) is 6.39. The number of rotatable bonds is 8. The van der Waals surface area contributed by atoms with Crippen LogP contribution >= 0.6 is 0 Å². The van der Waals surface area contributed by atoms with Crippen molar-refractivity contribution in [2.45, 2.75) is 4.90 Å². The van der Waals surface area contributed by atoms with Crippen LogP contribution in [-0.2, 0) is 19.6 Å². The van der Waals surface area contributed by atoms with Gasteiger partial charge in [-0.25, -0.2) is 8.42 Å². The van der Waals surface area contributed by atoms with Gasteiger partial charge in [-0.2, -0.15) is 4.31 Å². The summed E-state index contributed by atoms with van der Waals surface area (Å²) in [5.41, 5.74) is 0.325. The number of morpholine rings is 1. The highest BCUT2D eigenvalue weighted by atomic mass is 32.2. The lowest BCUT2D eigenvalue weighted by Crippen LogP contribution is -2.40. The summed E-state index contributed by atoms with van der Waals surface area (Å²) in [4.78, 5) is 12.2. The van der Waals surface area contributed by atoms with Gasteiger partial charge in [0, 0.05) is 18.8 Å². The molecule has 0 spiro atoms. The second kappa shape index (κ2) is 9.79. The molecule has 1 amide bonds. The quantitative estimate of drug-likeness (QED) is 0.672. The highest BCUT2D eigenvalue weighted by Crippen LogP contribution is 2.30. The number of sulfonamides is 1. The minimum Gasteiger partial charge on any atom is -0.497 e. The molecule has 9 nitrogen and oxygen atoms in total. The number of carbonyl (C=O) groups is 1. The third-order valence-corrected chi connectivity index (χ3v) is 6.38. The third-order valence-electron chi connectivity index (χ3n) is 4.46. The molecule has 0 radical (unpaired) electrons. The summed E-state index contributed by atoms with van der Waals surface area (Å²) >= 11 is 0. The molecule has 0 bridgehead atoms. The number of hydrogen-bond acceptors (Lipinski definition) is 7. The van der Waals surface area contributed by atoms with E-state index < -0.39 is 15.9 Å². The van der Waals surface area contributed by atoms with Gasteiger partial charge in [0.25, 0.3) is 5.91 Å². The molecular formula is C20H24N2O7S. The Kier molecular flexibility index (Phi) is 7.14. The summed E-state index contributed by atoms with van der Waals surface area (Å²) in [6.45, 7) is 0.959. The van der Waals surface area contributed by atoms with Crippen LogP contribution in [0.5, 0.6) is 17.2 Å². The zero-order valence-corrected chi connectivity index (χ0v) is 17.6. The summed E-state index contributed by atoms with van der Waals surface area (Å²) in [5, 5.41) is 2.65. The number of carbonyl (C=O) groups excluding carboxylic acids is 1. The van der Waals surface area contributed by atoms with Crippen molar-refractivity contribution in [1.29, 1.82) is 0 Å². The second-order valence-corrected chi connectivity index (χ2v) is 8.30. The van der Waals surface area contributed by atoms with Gasteiger partial charge in [0.1, 0.15) is 22.1 Å². The first-order chi connectivity index (χ1) is 14.4. The first kappa shape index (κ1) is 21.9. The fraction of sp³-hybridized carbons (Fsp3) is 0.350. The zero-order valence-electron chi connectivity index (χ0n) is 16.8. The first-order valence-corrected chi connectivity index (χ1v) is 10.7. The third kappa shape index (κ3) is 5.21. The smallest absolute Gasteiger partial charge is 0.262 e. The maximum atomic E-state index is 13.0. The molecule has 1 heterocycles. The van der Waals surface area contributed by atoms with Crippen LogP contribution in [0.4, 0.5) is 5.69 Å². The maximum absolute atomic E-state index is 13.0. The molecule has 3 rings (SSSR count). The predicted molar refractivity (Wildman–Crippen MR) is 110 cm³/mol. The predicted octanol–water partition coefficient (Wildman–Crippen LogP) is 1.74. The molecule has 0 aromatic heterocycles. The summed E-state index contributed by atoms with van der Waals surface area (Å²) in [6.07, 6.45) is 0. The summed E-state index contributed by atoms with van der Waals surface area (Å²) in [5.74, 6) is 0.968. The van der Waals surface area contributed by atoms with Crippen LogP contribution in [0.25, 0.3) is 0 Å². The number of methoxy groups -OCH3 is 2. The number of hydrogen-bond donors (Lipinski definition) is 1. The lowest BCUT2D eigenvalue weighted by Gasteiger charge is -2.26. The molecule has 10 heteroatoms. The van der Waals surface area contributed by atoms with Gasteiger partial charge in [-0.1, -0.05) is 0 Å². The van der Waals surface area contributed by atoms with Gasteiger partial charge in [0.15, 0.2) is 6.61 Å². The molecule has 2 aromatic carbocycles. The summed E-state index contributed by atoms with van der Waals surface area (Å²) in [6, 6.07) is 11.3. The van der Waals surface area contributed by atoms with E-state index in [1.165, 1.54) is 23.5 Å². The van der Waals surface area contributed by atoms with Crippen molar-refractivity contribution < 1.29 is 32.2 Å². The highest BCUT2D eigenvalue weighted by molar-refractivity contribution is 7.89. The SMILES string of the molecule is COc1ccc(OCC(=O)Nc2ccc(OC)c(S(=O)(=O)N3CCOCC3)c2)cc1. The maximum Gasteiger partial charge on any atom is 0.262 e. The minimum atomic E-state index is -3.79. The fourth-order valence-corrected chi connectivity index (χ4v) is 4.49. The van der Waals surface area contributed by atoms with Gasteiger partial charge in [0.2, 0.25) is 10.0 Å². The van der Waals surface area contributed by atoms with E-state index in [2.05, 4.69) is 5.32 Å². The van der Waals surface area contributed by atoms with E-state index in [0.717, 1.165) is 0 Å². The Morgan fingerprint density at radius 1 is 1.03 bits per heavy atom. The van der Waals surface area contributed by atoms with Crippen LogP contribution < -0.4 is 19.5 Å². The number of anilines is 1. The van der Waals surface area contributed by atoms with Crippen molar-refractivity contribution in [2.75, 3.05) is 52.4 Å². The molecule has 162 valence electrons. The van der Waals surface area contributed by atoms with Crippen molar-refractivity contribution in [1.82, 2.24) is 4.31 Å². The largest absolute Gasteiger partial charge is 0.497 e. The van der Waals surface area contributed by atoms with Crippen LogP contribution in [0.2, 0.25) is 0 Å². The van der Waals surface area contributed by atoms with Gasteiger partial charge in [-0.15, -0.1) is 0 Å². The Labute approximate surface area is 175 Å². The number of benzene rings is 2. The Hall–Kier alpha value is -2.82. The molecule has 30 heavy (non-hydrogen) atoms. The van der Waals surface area contributed by atoms with Gasteiger partial charge in [0.05, 0.1) is 27.4 Å². The topological polar surface area (TPSA) is 103 Å². The Morgan fingerprint density at radius 3 is 2.33 bits per heavy atom. The average Bonchev–Trinajstić information content (AvgIpc) is 2.78. The molecule has 1 aliphatic rings. The normalized spacial score (nSPS) is 14.7. The van der Waals surface area contributed by atoms with Gasteiger partial charge >= 0.3 is 0 Å². The van der Waals surface area contributed by atoms with Crippen molar-refractivity contribution in [3.8, 4) is 17.2 Å². The molecule has 1 fully saturated rings. The molecule has 1 N–H and O–H groups in total. The number of nitrogens with zero attached hydrogens (tertiary/aromatic N) is 1. The Balaban J connectivity index is 1.69. The molecule has 0 saturated carbocycles.